The zero-order valence-electron chi connectivity index (χ0n) is 17.6. The minimum Gasteiger partial charge on any atom is -0.512 e. The lowest BCUT2D eigenvalue weighted by atomic mass is 9.40. The minimum absolute atomic E-state index is 0.0418. The van der Waals surface area contributed by atoms with E-state index in [0.717, 1.165) is 12.8 Å². The molecule has 5 fully saturated rings. The van der Waals surface area contributed by atoms with Crippen molar-refractivity contribution in [2.75, 3.05) is 0 Å². The molecule has 0 aromatic heterocycles. The van der Waals surface area contributed by atoms with Gasteiger partial charge in [0.15, 0.2) is 5.78 Å². The van der Waals surface area contributed by atoms with E-state index in [0.29, 0.717) is 44.1 Å². The third-order valence-corrected chi connectivity index (χ3v) is 10.8. The monoisotopic (exact) mass is 411 g/mol. The number of allylic oxidation sites excluding steroid dienone is 2. The van der Waals surface area contributed by atoms with Gasteiger partial charge in [-0.3, -0.25) is 9.59 Å². The van der Waals surface area contributed by atoms with Crippen LogP contribution in [0.25, 0.3) is 0 Å². The summed E-state index contributed by atoms with van der Waals surface area (Å²) in [4.78, 5) is 25.7. The smallest absolute Gasteiger partial charge is 0.306 e. The van der Waals surface area contributed by atoms with Crippen molar-refractivity contribution in [3.63, 3.8) is 0 Å². The first-order valence-electron chi connectivity index (χ1n) is 11.4. The van der Waals surface area contributed by atoms with Crippen LogP contribution in [0.4, 0.5) is 0 Å². The van der Waals surface area contributed by atoms with Crippen LogP contribution in [-0.2, 0) is 14.3 Å². The summed E-state index contributed by atoms with van der Waals surface area (Å²) in [6.45, 7) is 4.22. The largest absolute Gasteiger partial charge is 0.512 e. The summed E-state index contributed by atoms with van der Waals surface area (Å²) < 4.78 is 5.95. The Morgan fingerprint density at radius 2 is 1.87 bits per heavy atom. The summed E-state index contributed by atoms with van der Waals surface area (Å²) in [6.07, 6.45) is 4.11. The van der Waals surface area contributed by atoms with Crippen molar-refractivity contribution < 1.29 is 24.5 Å². The molecule has 6 rings (SSSR count). The Labute approximate surface area is 176 Å². The number of nitrogens with zero attached hydrogens (tertiary/aromatic N) is 1. The van der Waals surface area contributed by atoms with Crippen molar-refractivity contribution in [3.8, 4) is 6.07 Å². The van der Waals surface area contributed by atoms with E-state index >= 15 is 0 Å². The molecule has 6 aliphatic rings. The maximum absolute atomic E-state index is 13.6. The van der Waals surface area contributed by atoms with Crippen LogP contribution in [0.2, 0.25) is 0 Å². The van der Waals surface area contributed by atoms with Crippen LogP contribution >= 0.6 is 0 Å². The second-order valence-corrected chi connectivity index (χ2v) is 11.3. The molecular weight excluding hydrogens is 382 g/mol. The van der Waals surface area contributed by atoms with Gasteiger partial charge in [0.25, 0.3) is 0 Å². The minimum atomic E-state index is -0.997. The fourth-order valence-electron chi connectivity index (χ4n) is 9.47. The van der Waals surface area contributed by atoms with Gasteiger partial charge >= 0.3 is 5.97 Å². The molecule has 2 N–H and O–H groups in total. The van der Waals surface area contributed by atoms with Crippen molar-refractivity contribution >= 4 is 11.8 Å². The molecule has 0 radical (unpaired) electrons. The van der Waals surface area contributed by atoms with E-state index in [9.17, 15) is 25.1 Å². The molecule has 6 nitrogen and oxygen atoms in total. The number of ether oxygens (including phenoxy) is 1. The molecule has 1 aliphatic heterocycles. The predicted molar refractivity (Wildman–Crippen MR) is 105 cm³/mol. The van der Waals surface area contributed by atoms with Crippen LogP contribution < -0.4 is 0 Å². The summed E-state index contributed by atoms with van der Waals surface area (Å²) in [5.74, 6) is -0.518. The van der Waals surface area contributed by atoms with Crippen LogP contribution in [0, 0.1) is 51.2 Å². The molecule has 6 heteroatoms. The van der Waals surface area contributed by atoms with Gasteiger partial charge in [-0.2, -0.15) is 5.26 Å². The van der Waals surface area contributed by atoms with Crippen LogP contribution in [0.1, 0.15) is 65.2 Å². The van der Waals surface area contributed by atoms with Gasteiger partial charge in [-0.1, -0.05) is 13.8 Å². The van der Waals surface area contributed by atoms with Crippen molar-refractivity contribution in [2.45, 2.75) is 76.9 Å². The molecule has 1 heterocycles. The lowest BCUT2D eigenvalue weighted by molar-refractivity contribution is -0.207. The summed E-state index contributed by atoms with van der Waals surface area (Å²) in [5, 5.41) is 32.5. The molecule has 1 saturated heterocycles. The van der Waals surface area contributed by atoms with Gasteiger partial charge in [0.05, 0.1) is 23.2 Å². The van der Waals surface area contributed by atoms with Crippen molar-refractivity contribution in [3.05, 3.63) is 11.3 Å². The van der Waals surface area contributed by atoms with Gasteiger partial charge in [-0.05, 0) is 61.7 Å². The molecule has 1 spiro atoms. The number of hydrogen-bond acceptors (Lipinski definition) is 6. The highest BCUT2D eigenvalue weighted by molar-refractivity contribution is 6.03. The van der Waals surface area contributed by atoms with E-state index in [1.807, 2.05) is 0 Å². The standard InChI is InChI=1S/C24H29NO5/c1-21-6-4-14(26)19-20(29)12(9-23(19,21)11-25)17-13-3-7-24(8-5-16(28)30-24)22(13,2)10-15(27)18(17)21/h12-13,15,17-18,26-27H,3-10H2,1-2H3/t12-,13-,15-,17?,18+,21+,22-,23+,24-/m1/s1. The number of aliphatic hydroxyl groups excluding tert-OH is 2. The highest BCUT2D eigenvalue weighted by Gasteiger charge is 2.77. The molecule has 160 valence electrons. The SMILES string of the molecule is C[C@@]12CCC(O)=C3C(=O)[C@H](C[C@]31C#N)C1[C@@H]2[C@H](O)C[C@]2(C)[C@@H]1CC[C@@]21CCC(=O)O1. The van der Waals surface area contributed by atoms with E-state index in [1.165, 1.54) is 0 Å². The fraction of sp³-hybridized carbons (Fsp3) is 0.792. The average molecular weight is 411 g/mol. The second-order valence-electron chi connectivity index (χ2n) is 11.3. The zero-order chi connectivity index (χ0) is 21.3. The molecular formula is C24H29NO5. The van der Waals surface area contributed by atoms with Crippen molar-refractivity contribution in [2.24, 2.45) is 39.9 Å². The Morgan fingerprint density at radius 3 is 2.53 bits per heavy atom. The van der Waals surface area contributed by atoms with Gasteiger partial charge in [-0.15, -0.1) is 0 Å². The number of aliphatic hydroxyl groups is 2. The summed E-state index contributed by atoms with van der Waals surface area (Å²) >= 11 is 0. The molecule has 5 aliphatic carbocycles. The molecule has 0 amide bonds. The first kappa shape index (κ1) is 18.9. The van der Waals surface area contributed by atoms with Gasteiger partial charge in [-0.25, -0.2) is 0 Å². The second kappa shape index (κ2) is 5.30. The number of carbonyl (C=O) groups is 2. The molecule has 1 unspecified atom stereocenters. The highest BCUT2D eigenvalue weighted by Crippen LogP contribution is 2.76. The lowest BCUT2D eigenvalue weighted by Crippen LogP contribution is -2.63. The average Bonchev–Trinajstić information content (AvgIpc) is 3.31. The number of ketones is 1. The Kier molecular flexibility index (Phi) is 3.33. The van der Waals surface area contributed by atoms with Crippen LogP contribution in [0.15, 0.2) is 11.3 Å². The Hall–Kier alpha value is -1.87. The third-order valence-electron chi connectivity index (χ3n) is 10.8. The number of hydrogen-bond donors (Lipinski definition) is 2. The van der Waals surface area contributed by atoms with E-state index in [2.05, 4.69) is 19.9 Å². The zero-order valence-corrected chi connectivity index (χ0v) is 17.6. The predicted octanol–water partition coefficient (Wildman–Crippen LogP) is 3.20. The van der Waals surface area contributed by atoms with Gasteiger partial charge < -0.3 is 14.9 Å². The maximum Gasteiger partial charge on any atom is 0.306 e. The number of fused-ring (bicyclic) bond motifs is 7. The maximum atomic E-state index is 13.6. The number of esters is 1. The molecule has 0 aromatic carbocycles. The van der Waals surface area contributed by atoms with Crippen LogP contribution in [0.5, 0.6) is 0 Å². The van der Waals surface area contributed by atoms with E-state index < -0.39 is 22.5 Å². The fourth-order valence-corrected chi connectivity index (χ4v) is 9.47. The summed E-state index contributed by atoms with van der Waals surface area (Å²) in [5.41, 5.74) is -2.10. The summed E-state index contributed by atoms with van der Waals surface area (Å²) in [7, 11) is 0. The van der Waals surface area contributed by atoms with Crippen molar-refractivity contribution in [1.29, 1.82) is 5.26 Å². The highest BCUT2D eigenvalue weighted by atomic mass is 16.6. The molecule has 0 aromatic rings. The molecule has 9 atom stereocenters. The van der Waals surface area contributed by atoms with E-state index in [1.54, 1.807) is 0 Å². The quantitative estimate of drug-likeness (QED) is 0.593. The first-order valence-corrected chi connectivity index (χ1v) is 11.4. The normalized spacial score (nSPS) is 56.0. The first-order chi connectivity index (χ1) is 14.1. The number of rotatable bonds is 0. The summed E-state index contributed by atoms with van der Waals surface area (Å²) in [6, 6.07) is 2.47. The van der Waals surface area contributed by atoms with Crippen LogP contribution in [-0.4, -0.2) is 33.7 Å². The van der Waals surface area contributed by atoms with Crippen LogP contribution in [0.3, 0.4) is 0 Å². The van der Waals surface area contributed by atoms with Gasteiger partial charge in [0.1, 0.15) is 11.4 Å². The van der Waals surface area contributed by atoms with Gasteiger partial charge in [0, 0.05) is 24.2 Å². The number of carbonyl (C=O) groups excluding carboxylic acids is 2. The van der Waals surface area contributed by atoms with E-state index in [4.69, 9.17) is 4.74 Å². The number of nitriles is 1. The Bertz CT molecular complexity index is 965. The van der Waals surface area contributed by atoms with E-state index in [-0.39, 0.29) is 46.6 Å². The molecule has 4 saturated carbocycles. The molecule has 2 bridgehead atoms. The Morgan fingerprint density at radius 1 is 1.10 bits per heavy atom. The Balaban J connectivity index is 1.53. The number of Topliss-reactive ketones (excluding diaryl/α,β-unsaturated/α-hetero) is 1. The molecule has 30 heavy (non-hydrogen) atoms. The lowest BCUT2D eigenvalue weighted by Gasteiger charge is -2.63. The van der Waals surface area contributed by atoms with Crippen molar-refractivity contribution in [1.82, 2.24) is 0 Å². The third kappa shape index (κ3) is 1.71. The topological polar surface area (TPSA) is 108 Å². The van der Waals surface area contributed by atoms with Gasteiger partial charge in [0.2, 0.25) is 0 Å².